The van der Waals surface area contributed by atoms with E-state index in [2.05, 4.69) is 5.32 Å². The van der Waals surface area contributed by atoms with Crippen LogP contribution in [0, 0.1) is 0 Å². The van der Waals surface area contributed by atoms with Gasteiger partial charge in [0.1, 0.15) is 5.75 Å². The Labute approximate surface area is 114 Å². The molecule has 0 aliphatic heterocycles. The molecule has 106 valence electrons. The molecule has 0 aliphatic rings. The van der Waals surface area contributed by atoms with Crippen molar-refractivity contribution in [2.75, 3.05) is 13.7 Å². The van der Waals surface area contributed by atoms with E-state index < -0.39 is 5.60 Å². The Kier molecular flexibility index (Phi) is 5.83. The molecule has 4 heteroatoms. The summed E-state index contributed by atoms with van der Waals surface area (Å²) in [7, 11) is 1.61. The number of carbonyl (C=O) groups is 1. The summed E-state index contributed by atoms with van der Waals surface area (Å²) in [5.74, 6) is 0.695. The molecule has 0 saturated heterocycles. The molecule has 19 heavy (non-hydrogen) atoms. The number of carbonyl (C=O) groups excluding carboxylic acids is 1. The second-order valence-corrected chi connectivity index (χ2v) is 4.73. The van der Waals surface area contributed by atoms with E-state index in [-0.39, 0.29) is 5.91 Å². The highest BCUT2D eigenvalue weighted by Gasteiger charge is 2.22. The monoisotopic (exact) mass is 265 g/mol. The van der Waals surface area contributed by atoms with Gasteiger partial charge in [-0.2, -0.15) is 0 Å². The maximum Gasteiger partial charge on any atom is 0.224 e. The molecule has 2 N–H and O–H groups in total. The first-order chi connectivity index (χ1) is 9.03. The Hall–Kier alpha value is -1.55. The van der Waals surface area contributed by atoms with Crippen LogP contribution in [0.5, 0.6) is 5.75 Å². The lowest BCUT2D eigenvalue weighted by Gasteiger charge is -2.25. The van der Waals surface area contributed by atoms with E-state index in [1.54, 1.807) is 7.11 Å². The summed E-state index contributed by atoms with van der Waals surface area (Å²) >= 11 is 0. The van der Waals surface area contributed by atoms with Gasteiger partial charge in [-0.15, -0.1) is 0 Å². The molecule has 0 saturated carbocycles. The van der Waals surface area contributed by atoms with Crippen molar-refractivity contribution in [1.29, 1.82) is 0 Å². The lowest BCUT2D eigenvalue weighted by Crippen LogP contribution is -2.42. The number of ether oxygens (including phenoxy) is 1. The minimum absolute atomic E-state index is 0.0782. The first-order valence-electron chi connectivity index (χ1n) is 6.65. The second-order valence-electron chi connectivity index (χ2n) is 4.73. The van der Waals surface area contributed by atoms with Gasteiger partial charge in [0, 0.05) is 6.54 Å². The van der Waals surface area contributed by atoms with Crippen molar-refractivity contribution >= 4 is 5.91 Å². The third-order valence-corrected chi connectivity index (χ3v) is 3.45. The normalized spacial score (nSPS) is 11.2. The quantitative estimate of drug-likeness (QED) is 0.791. The lowest BCUT2D eigenvalue weighted by molar-refractivity contribution is -0.121. The third-order valence-electron chi connectivity index (χ3n) is 3.45. The molecule has 0 atom stereocenters. The molecule has 1 rings (SSSR count). The molecule has 0 unspecified atom stereocenters. The molecule has 1 amide bonds. The number of methoxy groups -OCH3 is 1. The van der Waals surface area contributed by atoms with Crippen LogP contribution < -0.4 is 10.1 Å². The Morgan fingerprint density at radius 2 is 1.84 bits per heavy atom. The number of amides is 1. The number of aliphatic hydroxyl groups is 1. The summed E-state index contributed by atoms with van der Waals surface area (Å²) in [6.45, 7) is 4.13. The molecule has 0 spiro atoms. The zero-order valence-corrected chi connectivity index (χ0v) is 11.9. The lowest BCUT2D eigenvalue weighted by atomic mass is 9.97. The minimum Gasteiger partial charge on any atom is -0.497 e. The van der Waals surface area contributed by atoms with E-state index in [1.807, 2.05) is 38.1 Å². The molecule has 1 aromatic rings. The van der Waals surface area contributed by atoms with Crippen LogP contribution in [0.3, 0.4) is 0 Å². The van der Waals surface area contributed by atoms with Crippen LogP contribution in [0.2, 0.25) is 0 Å². The Bertz CT molecular complexity index is 396. The number of hydrogen-bond donors (Lipinski definition) is 2. The summed E-state index contributed by atoms with van der Waals surface area (Å²) in [5, 5.41) is 12.9. The molecular weight excluding hydrogens is 242 g/mol. The summed E-state index contributed by atoms with van der Waals surface area (Å²) in [5.41, 5.74) is 0.130. The fraction of sp³-hybridized carbons (Fsp3) is 0.533. The van der Waals surface area contributed by atoms with Gasteiger partial charge in [0.05, 0.1) is 19.1 Å². The fourth-order valence-corrected chi connectivity index (χ4v) is 1.75. The molecule has 0 heterocycles. The first-order valence-corrected chi connectivity index (χ1v) is 6.65. The number of hydrogen-bond acceptors (Lipinski definition) is 3. The molecule has 4 nitrogen and oxygen atoms in total. The van der Waals surface area contributed by atoms with Crippen molar-refractivity contribution in [2.45, 2.75) is 38.7 Å². The van der Waals surface area contributed by atoms with Crippen molar-refractivity contribution in [2.24, 2.45) is 0 Å². The Morgan fingerprint density at radius 3 is 2.32 bits per heavy atom. The largest absolute Gasteiger partial charge is 0.497 e. The molecule has 0 radical (unpaired) electrons. The van der Waals surface area contributed by atoms with Crippen molar-refractivity contribution in [3.05, 3.63) is 29.8 Å². The van der Waals surface area contributed by atoms with Gasteiger partial charge < -0.3 is 15.2 Å². The number of nitrogens with one attached hydrogen (secondary N) is 1. The van der Waals surface area contributed by atoms with Gasteiger partial charge in [0.25, 0.3) is 0 Å². The number of benzene rings is 1. The summed E-state index contributed by atoms with van der Waals surface area (Å²) < 4.78 is 5.06. The van der Waals surface area contributed by atoms with Gasteiger partial charge in [-0.1, -0.05) is 26.0 Å². The average molecular weight is 265 g/mol. The average Bonchev–Trinajstić information content (AvgIpc) is 2.45. The van der Waals surface area contributed by atoms with Crippen molar-refractivity contribution in [1.82, 2.24) is 5.32 Å². The zero-order valence-electron chi connectivity index (χ0n) is 11.9. The Balaban J connectivity index is 2.46. The minimum atomic E-state index is -0.796. The highest BCUT2D eigenvalue weighted by Crippen LogP contribution is 2.14. The van der Waals surface area contributed by atoms with E-state index in [1.165, 1.54) is 0 Å². The molecule has 1 aromatic carbocycles. The second kappa shape index (κ2) is 7.14. The van der Waals surface area contributed by atoms with Gasteiger partial charge >= 0.3 is 0 Å². The fourth-order valence-electron chi connectivity index (χ4n) is 1.75. The van der Waals surface area contributed by atoms with E-state index in [4.69, 9.17) is 4.74 Å². The summed E-state index contributed by atoms with van der Waals surface area (Å²) in [6.07, 6.45) is 1.58. The van der Waals surface area contributed by atoms with Crippen molar-refractivity contribution in [3.8, 4) is 5.75 Å². The predicted octanol–water partition coefficient (Wildman–Crippen LogP) is 1.90. The van der Waals surface area contributed by atoms with Gasteiger partial charge in [-0.25, -0.2) is 0 Å². The van der Waals surface area contributed by atoms with Crippen LogP contribution in [0.4, 0.5) is 0 Å². The van der Waals surface area contributed by atoms with Gasteiger partial charge in [-0.05, 0) is 30.5 Å². The standard InChI is InChI=1S/C15H23NO3/c1-4-15(18,5-2)11-16-14(17)10-12-6-8-13(19-3)9-7-12/h6-9,18H,4-5,10-11H2,1-3H3,(H,16,17). The van der Waals surface area contributed by atoms with E-state index >= 15 is 0 Å². The van der Waals surface area contributed by atoms with Gasteiger partial charge in [-0.3, -0.25) is 4.79 Å². The SMILES string of the molecule is CCC(O)(CC)CNC(=O)Cc1ccc(OC)cc1. The van der Waals surface area contributed by atoms with Crippen molar-refractivity contribution < 1.29 is 14.6 Å². The first kappa shape index (κ1) is 15.5. The summed E-state index contributed by atoms with van der Waals surface area (Å²) in [4.78, 5) is 11.8. The van der Waals surface area contributed by atoms with Gasteiger partial charge in [0.15, 0.2) is 0 Å². The predicted molar refractivity (Wildman–Crippen MR) is 75.2 cm³/mol. The van der Waals surface area contributed by atoms with Crippen LogP contribution in [0.25, 0.3) is 0 Å². The third kappa shape index (κ3) is 4.91. The molecule has 0 aromatic heterocycles. The molecule has 0 aliphatic carbocycles. The van der Waals surface area contributed by atoms with Crippen LogP contribution >= 0.6 is 0 Å². The highest BCUT2D eigenvalue weighted by molar-refractivity contribution is 5.78. The van der Waals surface area contributed by atoms with Gasteiger partial charge in [0.2, 0.25) is 5.91 Å². The zero-order chi connectivity index (χ0) is 14.3. The summed E-state index contributed by atoms with van der Waals surface area (Å²) in [6, 6.07) is 7.39. The highest BCUT2D eigenvalue weighted by atomic mass is 16.5. The maximum atomic E-state index is 11.8. The molecule has 0 bridgehead atoms. The molecule has 0 fully saturated rings. The maximum absolute atomic E-state index is 11.8. The topological polar surface area (TPSA) is 58.6 Å². The number of rotatable bonds is 7. The van der Waals surface area contributed by atoms with Crippen LogP contribution in [0.15, 0.2) is 24.3 Å². The van der Waals surface area contributed by atoms with E-state index in [0.717, 1.165) is 11.3 Å². The van der Waals surface area contributed by atoms with Crippen LogP contribution in [-0.2, 0) is 11.2 Å². The Morgan fingerprint density at radius 1 is 1.26 bits per heavy atom. The van der Waals surface area contributed by atoms with E-state index in [0.29, 0.717) is 25.8 Å². The van der Waals surface area contributed by atoms with E-state index in [9.17, 15) is 9.90 Å². The smallest absolute Gasteiger partial charge is 0.224 e. The van der Waals surface area contributed by atoms with Crippen molar-refractivity contribution in [3.63, 3.8) is 0 Å². The molecular formula is C15H23NO3. The van der Waals surface area contributed by atoms with Crippen LogP contribution in [0.1, 0.15) is 32.3 Å². The van der Waals surface area contributed by atoms with Crippen LogP contribution in [-0.4, -0.2) is 30.3 Å².